The zero-order valence-corrected chi connectivity index (χ0v) is 5.56. The van der Waals surface area contributed by atoms with Crippen molar-refractivity contribution in [1.29, 1.82) is 0 Å². The van der Waals surface area contributed by atoms with Gasteiger partial charge in [-0.2, -0.15) is 0 Å². The molecule has 0 aromatic heterocycles. The number of Topliss-reactive ketones (excluding diaryl/α,β-unsaturated/α-hetero) is 1. The zero-order valence-electron chi connectivity index (χ0n) is 5.56. The van der Waals surface area contributed by atoms with E-state index in [1.165, 1.54) is 0 Å². The zero-order chi connectivity index (χ0) is 6.85. The summed E-state index contributed by atoms with van der Waals surface area (Å²) in [5.41, 5.74) is 1.72. The van der Waals surface area contributed by atoms with E-state index < -0.39 is 0 Å². The molecule has 0 heterocycles. The number of rotatable bonds is 0. The van der Waals surface area contributed by atoms with Crippen molar-refractivity contribution >= 4 is 5.78 Å². The van der Waals surface area contributed by atoms with Gasteiger partial charge >= 0.3 is 0 Å². The van der Waals surface area contributed by atoms with Crippen LogP contribution >= 0.6 is 0 Å². The average Bonchev–Trinajstić information content (AvgIpc) is 1.80. The van der Waals surface area contributed by atoms with Gasteiger partial charge in [-0.3, -0.25) is 4.79 Å². The molecule has 9 heavy (non-hydrogen) atoms. The maximum Gasteiger partial charge on any atom is 0.167 e. The lowest BCUT2D eigenvalue weighted by Gasteiger charge is -2.02. The van der Waals surface area contributed by atoms with Crippen LogP contribution in [0.5, 0.6) is 0 Å². The molecule has 0 spiro atoms. The van der Waals surface area contributed by atoms with Crippen molar-refractivity contribution in [2.45, 2.75) is 13.8 Å². The lowest BCUT2D eigenvalue weighted by atomic mass is 10.0. The monoisotopic (exact) mass is 120 g/mol. The third-order valence-electron chi connectivity index (χ3n) is 1.24. The standard InChI is InChI=1S/C8H8O/c1-6-3-4-8(9)7(2)5-6/h3-4H,1-2H3. The Morgan fingerprint density at radius 1 is 1.44 bits per heavy atom. The molecule has 0 aromatic carbocycles. The minimum atomic E-state index is 0.0700. The maximum atomic E-state index is 10.7. The number of hydrogen-bond acceptors (Lipinski definition) is 1. The van der Waals surface area contributed by atoms with Crippen LogP contribution in [0.2, 0.25) is 0 Å². The fourth-order valence-corrected chi connectivity index (χ4v) is 0.725. The van der Waals surface area contributed by atoms with Crippen LogP contribution < -0.4 is 0 Å². The van der Waals surface area contributed by atoms with Crippen molar-refractivity contribution < 1.29 is 4.79 Å². The highest BCUT2D eigenvalue weighted by atomic mass is 16.1. The highest BCUT2D eigenvalue weighted by Gasteiger charge is 2.07. The highest BCUT2D eigenvalue weighted by Crippen LogP contribution is 2.10. The molecule has 1 aliphatic carbocycles. The van der Waals surface area contributed by atoms with E-state index in [1.807, 2.05) is 6.92 Å². The largest absolute Gasteiger partial charge is 0.294 e. The number of carbonyl (C=O) groups is 1. The minimum absolute atomic E-state index is 0.0700. The van der Waals surface area contributed by atoms with E-state index in [9.17, 15) is 4.79 Å². The van der Waals surface area contributed by atoms with Crippen LogP contribution in [-0.2, 0) is 4.79 Å². The van der Waals surface area contributed by atoms with Crippen LogP contribution in [-0.4, -0.2) is 5.78 Å². The molecule has 0 N–H and O–H groups in total. The molecule has 0 saturated heterocycles. The molecule has 1 heteroatoms. The summed E-state index contributed by atoms with van der Waals surface area (Å²) >= 11 is 0. The molecule has 0 unspecified atom stereocenters. The van der Waals surface area contributed by atoms with Gasteiger partial charge in [0, 0.05) is 5.57 Å². The van der Waals surface area contributed by atoms with Crippen LogP contribution in [0.4, 0.5) is 0 Å². The fourth-order valence-electron chi connectivity index (χ4n) is 0.725. The number of carbonyl (C=O) groups excluding carboxylic acids is 1. The fraction of sp³-hybridized carbons (Fsp3) is 0.250. The second-order valence-corrected chi connectivity index (χ2v) is 2.13. The molecule has 0 aliphatic heterocycles. The predicted octanol–water partition coefficient (Wildman–Crippen LogP) is 1.47. The Morgan fingerprint density at radius 3 is 2.56 bits per heavy atom. The molecular weight excluding hydrogens is 112 g/mol. The molecule has 46 valence electrons. The summed E-state index contributed by atoms with van der Waals surface area (Å²) in [6.45, 7) is 3.70. The van der Waals surface area contributed by atoms with Crippen LogP contribution in [0.25, 0.3) is 0 Å². The SMILES string of the molecule is CC1=[C]C(C)=C[CH]C1=O. The van der Waals surface area contributed by atoms with Gasteiger partial charge in [0.15, 0.2) is 5.78 Å². The van der Waals surface area contributed by atoms with Crippen molar-refractivity contribution in [3.05, 3.63) is 29.7 Å². The minimum Gasteiger partial charge on any atom is -0.294 e. The molecule has 0 atom stereocenters. The van der Waals surface area contributed by atoms with Gasteiger partial charge in [0.2, 0.25) is 0 Å². The molecule has 0 fully saturated rings. The second-order valence-electron chi connectivity index (χ2n) is 2.13. The third-order valence-corrected chi connectivity index (χ3v) is 1.24. The first kappa shape index (κ1) is 6.27. The summed E-state index contributed by atoms with van der Waals surface area (Å²) in [5.74, 6) is 0.0700. The quantitative estimate of drug-likeness (QED) is 0.473. The lowest BCUT2D eigenvalue weighted by molar-refractivity contribution is -0.112. The Bertz CT molecular complexity index is 197. The van der Waals surface area contributed by atoms with E-state index >= 15 is 0 Å². The molecule has 2 radical (unpaired) electrons. The van der Waals surface area contributed by atoms with Gasteiger partial charge in [0.05, 0.1) is 6.42 Å². The van der Waals surface area contributed by atoms with Crippen LogP contribution in [0.3, 0.4) is 0 Å². The van der Waals surface area contributed by atoms with Gasteiger partial charge in [-0.15, -0.1) is 0 Å². The first-order chi connectivity index (χ1) is 4.20. The van der Waals surface area contributed by atoms with E-state index in [0.717, 1.165) is 5.57 Å². The first-order valence-corrected chi connectivity index (χ1v) is 2.86. The summed E-state index contributed by atoms with van der Waals surface area (Å²) in [6.07, 6.45) is 6.27. The summed E-state index contributed by atoms with van der Waals surface area (Å²) in [7, 11) is 0. The Labute approximate surface area is 55.1 Å². The molecule has 0 amide bonds. The summed E-state index contributed by atoms with van der Waals surface area (Å²) in [4.78, 5) is 10.7. The van der Waals surface area contributed by atoms with Crippen LogP contribution in [0, 0.1) is 12.5 Å². The summed E-state index contributed by atoms with van der Waals surface area (Å²) in [5, 5.41) is 0. The van der Waals surface area contributed by atoms with Gasteiger partial charge in [-0.1, -0.05) is 6.08 Å². The number of ketones is 1. The van der Waals surface area contributed by atoms with Gasteiger partial charge in [0.25, 0.3) is 0 Å². The van der Waals surface area contributed by atoms with E-state index in [4.69, 9.17) is 0 Å². The number of allylic oxidation sites excluding steroid dienone is 4. The van der Waals surface area contributed by atoms with Gasteiger partial charge in [0.1, 0.15) is 0 Å². The van der Waals surface area contributed by atoms with E-state index in [0.29, 0.717) is 5.57 Å². The topological polar surface area (TPSA) is 17.1 Å². The Hall–Kier alpha value is -0.850. The van der Waals surface area contributed by atoms with Gasteiger partial charge in [-0.25, -0.2) is 0 Å². The van der Waals surface area contributed by atoms with Gasteiger partial charge in [-0.05, 0) is 25.5 Å². The Morgan fingerprint density at radius 2 is 2.11 bits per heavy atom. The van der Waals surface area contributed by atoms with Crippen molar-refractivity contribution in [3.63, 3.8) is 0 Å². The average molecular weight is 120 g/mol. The van der Waals surface area contributed by atoms with Crippen molar-refractivity contribution in [2.75, 3.05) is 0 Å². The molecule has 0 saturated carbocycles. The molecular formula is C8H8O. The normalized spacial score (nSPS) is 19.1. The molecule has 1 aliphatic rings. The Kier molecular flexibility index (Phi) is 1.52. The molecule has 0 aromatic rings. The van der Waals surface area contributed by atoms with Crippen LogP contribution in [0.15, 0.2) is 17.2 Å². The summed E-state index contributed by atoms with van der Waals surface area (Å²) < 4.78 is 0. The van der Waals surface area contributed by atoms with Crippen molar-refractivity contribution in [2.24, 2.45) is 0 Å². The second kappa shape index (κ2) is 2.18. The van der Waals surface area contributed by atoms with Crippen molar-refractivity contribution in [3.8, 4) is 0 Å². The lowest BCUT2D eigenvalue weighted by Crippen LogP contribution is -2.03. The predicted molar refractivity (Wildman–Crippen MR) is 35.5 cm³/mol. The van der Waals surface area contributed by atoms with E-state index in [-0.39, 0.29) is 5.78 Å². The molecule has 0 bridgehead atoms. The van der Waals surface area contributed by atoms with Gasteiger partial charge < -0.3 is 0 Å². The highest BCUT2D eigenvalue weighted by molar-refractivity contribution is 6.03. The van der Waals surface area contributed by atoms with E-state index in [1.54, 1.807) is 19.4 Å². The third kappa shape index (κ3) is 1.28. The molecule has 1 nitrogen and oxygen atoms in total. The molecule has 1 rings (SSSR count). The van der Waals surface area contributed by atoms with E-state index in [2.05, 4.69) is 6.08 Å². The van der Waals surface area contributed by atoms with Crippen LogP contribution in [0.1, 0.15) is 13.8 Å². The first-order valence-electron chi connectivity index (χ1n) is 2.86. The smallest absolute Gasteiger partial charge is 0.167 e. The maximum absolute atomic E-state index is 10.7. The summed E-state index contributed by atoms with van der Waals surface area (Å²) in [6, 6.07) is 0. The van der Waals surface area contributed by atoms with Crippen molar-refractivity contribution in [1.82, 2.24) is 0 Å². The Balaban J connectivity index is 2.87. The number of hydrogen-bond donors (Lipinski definition) is 0.